The number of hydrogen-bond acceptors (Lipinski definition) is 4. The van der Waals surface area contributed by atoms with E-state index in [1.807, 2.05) is 0 Å². The molecule has 1 heterocycles. The fourth-order valence-corrected chi connectivity index (χ4v) is 2.65. The first kappa shape index (κ1) is 21.4. The fraction of sp³-hybridized carbons (Fsp3) is 0.833. The van der Waals surface area contributed by atoms with E-state index in [-0.39, 0.29) is 18.4 Å². The highest BCUT2D eigenvalue weighted by molar-refractivity contribution is 6.08. The quantitative estimate of drug-likeness (QED) is 0.392. The molecule has 2 N–H and O–H groups in total. The molecule has 0 aromatic heterocycles. The van der Waals surface area contributed by atoms with E-state index in [2.05, 4.69) is 17.6 Å². The first-order valence-corrected chi connectivity index (χ1v) is 9.37. The summed E-state index contributed by atoms with van der Waals surface area (Å²) in [4.78, 5) is 36.4. The van der Waals surface area contributed by atoms with Crippen molar-refractivity contribution < 1.29 is 19.1 Å². The Kier molecular flexibility index (Phi) is 9.49. The van der Waals surface area contributed by atoms with Gasteiger partial charge in [0, 0.05) is 19.8 Å². The summed E-state index contributed by atoms with van der Waals surface area (Å²) in [6.45, 7) is 7.04. The zero-order valence-corrected chi connectivity index (χ0v) is 15.9. The smallest absolute Gasteiger partial charge is 0.325 e. The van der Waals surface area contributed by atoms with Gasteiger partial charge in [0.1, 0.15) is 12.1 Å². The molecule has 25 heavy (non-hydrogen) atoms. The molecule has 1 aliphatic heterocycles. The van der Waals surface area contributed by atoms with E-state index in [1.165, 1.54) is 32.1 Å². The topological polar surface area (TPSA) is 87.7 Å². The van der Waals surface area contributed by atoms with Crippen LogP contribution < -0.4 is 10.6 Å². The predicted octanol–water partition coefficient (Wildman–Crippen LogP) is 2.20. The first-order chi connectivity index (χ1) is 11.9. The van der Waals surface area contributed by atoms with E-state index in [4.69, 9.17) is 4.74 Å². The molecule has 0 spiro atoms. The summed E-state index contributed by atoms with van der Waals surface area (Å²) in [7, 11) is 0. The zero-order valence-electron chi connectivity index (χ0n) is 15.9. The van der Waals surface area contributed by atoms with Crippen LogP contribution in [-0.2, 0) is 14.3 Å². The Bertz CT molecular complexity index is 452. The number of urea groups is 1. The van der Waals surface area contributed by atoms with Gasteiger partial charge >= 0.3 is 6.03 Å². The SMILES string of the molecule is CCCCCCCCOCCCNC(=O)CN1C(=O)NC(C)(C)C1=O. The van der Waals surface area contributed by atoms with Crippen LogP contribution in [0, 0.1) is 0 Å². The van der Waals surface area contributed by atoms with Crippen molar-refractivity contribution in [3.8, 4) is 0 Å². The summed E-state index contributed by atoms with van der Waals surface area (Å²) in [5, 5.41) is 5.26. The van der Waals surface area contributed by atoms with Gasteiger partial charge in [-0.1, -0.05) is 39.0 Å². The maximum Gasteiger partial charge on any atom is 0.325 e. The third-order valence-electron chi connectivity index (χ3n) is 4.18. The maximum atomic E-state index is 12.0. The number of hydrogen-bond donors (Lipinski definition) is 2. The Morgan fingerprint density at radius 3 is 2.36 bits per heavy atom. The average Bonchev–Trinajstić information content (AvgIpc) is 2.74. The maximum absolute atomic E-state index is 12.0. The number of rotatable bonds is 13. The largest absolute Gasteiger partial charge is 0.381 e. The van der Waals surface area contributed by atoms with Crippen LogP contribution in [0.3, 0.4) is 0 Å². The zero-order chi connectivity index (χ0) is 18.7. The van der Waals surface area contributed by atoms with Gasteiger partial charge in [-0.25, -0.2) is 4.79 Å². The Morgan fingerprint density at radius 1 is 1.08 bits per heavy atom. The normalized spacial score (nSPS) is 16.2. The Morgan fingerprint density at radius 2 is 1.72 bits per heavy atom. The molecule has 0 unspecified atom stereocenters. The second-order valence-electron chi connectivity index (χ2n) is 7.03. The summed E-state index contributed by atoms with van der Waals surface area (Å²) in [5.41, 5.74) is -0.943. The van der Waals surface area contributed by atoms with Crippen molar-refractivity contribution in [2.75, 3.05) is 26.3 Å². The molecule has 0 aliphatic carbocycles. The second-order valence-corrected chi connectivity index (χ2v) is 7.03. The molecule has 0 radical (unpaired) electrons. The molecule has 1 saturated heterocycles. The van der Waals surface area contributed by atoms with Gasteiger partial charge in [-0.3, -0.25) is 14.5 Å². The molecule has 1 rings (SSSR count). The lowest BCUT2D eigenvalue weighted by Gasteiger charge is -2.15. The molecule has 7 nitrogen and oxygen atoms in total. The number of amides is 4. The van der Waals surface area contributed by atoms with E-state index < -0.39 is 11.6 Å². The lowest BCUT2D eigenvalue weighted by atomic mass is 10.1. The summed E-state index contributed by atoms with van der Waals surface area (Å²) in [6.07, 6.45) is 8.15. The summed E-state index contributed by atoms with van der Waals surface area (Å²) < 4.78 is 5.54. The molecular weight excluding hydrogens is 322 g/mol. The molecule has 144 valence electrons. The van der Waals surface area contributed by atoms with E-state index in [0.29, 0.717) is 19.6 Å². The van der Waals surface area contributed by atoms with Crippen molar-refractivity contribution in [3.05, 3.63) is 0 Å². The minimum Gasteiger partial charge on any atom is -0.381 e. The first-order valence-electron chi connectivity index (χ1n) is 9.37. The molecule has 0 saturated carbocycles. The van der Waals surface area contributed by atoms with Gasteiger partial charge in [-0.15, -0.1) is 0 Å². The Hall–Kier alpha value is -1.63. The highest BCUT2D eigenvalue weighted by atomic mass is 16.5. The molecule has 1 fully saturated rings. The number of ether oxygens (including phenoxy) is 1. The summed E-state index contributed by atoms with van der Waals surface area (Å²) in [6, 6.07) is -0.521. The molecule has 0 aromatic rings. The van der Waals surface area contributed by atoms with Crippen molar-refractivity contribution in [1.82, 2.24) is 15.5 Å². The number of carbonyl (C=O) groups excluding carboxylic acids is 3. The van der Waals surface area contributed by atoms with Crippen molar-refractivity contribution in [1.29, 1.82) is 0 Å². The van der Waals surface area contributed by atoms with Crippen molar-refractivity contribution in [2.24, 2.45) is 0 Å². The average molecular weight is 355 g/mol. The molecular formula is C18H33N3O4. The van der Waals surface area contributed by atoms with Crippen LogP contribution in [0.25, 0.3) is 0 Å². The highest BCUT2D eigenvalue weighted by Gasteiger charge is 2.44. The van der Waals surface area contributed by atoms with Crippen LogP contribution in [0.4, 0.5) is 4.79 Å². The number of nitrogens with one attached hydrogen (secondary N) is 2. The van der Waals surface area contributed by atoms with Crippen LogP contribution >= 0.6 is 0 Å². The highest BCUT2D eigenvalue weighted by Crippen LogP contribution is 2.15. The van der Waals surface area contributed by atoms with Crippen molar-refractivity contribution in [2.45, 2.75) is 71.3 Å². The molecule has 7 heteroatoms. The van der Waals surface area contributed by atoms with Crippen LogP contribution in [0.15, 0.2) is 0 Å². The number of unbranched alkanes of at least 4 members (excludes halogenated alkanes) is 5. The van der Waals surface area contributed by atoms with Crippen LogP contribution in [0.5, 0.6) is 0 Å². The molecule has 4 amide bonds. The van der Waals surface area contributed by atoms with Gasteiger partial charge in [-0.2, -0.15) is 0 Å². The second kappa shape index (κ2) is 11.1. The van der Waals surface area contributed by atoms with Gasteiger partial charge in [0.05, 0.1) is 0 Å². The number of imide groups is 1. The van der Waals surface area contributed by atoms with Crippen LogP contribution in [0.2, 0.25) is 0 Å². The summed E-state index contributed by atoms with van der Waals surface area (Å²) >= 11 is 0. The van der Waals surface area contributed by atoms with E-state index in [0.717, 1.165) is 17.9 Å². The van der Waals surface area contributed by atoms with Crippen LogP contribution in [-0.4, -0.2) is 54.6 Å². The molecule has 1 aliphatic rings. The monoisotopic (exact) mass is 355 g/mol. The number of nitrogens with zero attached hydrogens (tertiary/aromatic N) is 1. The standard InChI is InChI=1S/C18H33N3O4/c1-4-5-6-7-8-9-12-25-13-10-11-19-15(22)14-21-16(23)18(2,3)20-17(21)24/h4-14H2,1-3H3,(H,19,22)(H,20,24). The van der Waals surface area contributed by atoms with Gasteiger partial charge in [0.2, 0.25) is 5.91 Å². The van der Waals surface area contributed by atoms with Gasteiger partial charge < -0.3 is 15.4 Å². The van der Waals surface area contributed by atoms with Gasteiger partial charge in [0.25, 0.3) is 5.91 Å². The molecule has 0 bridgehead atoms. The third kappa shape index (κ3) is 7.86. The van der Waals surface area contributed by atoms with Crippen molar-refractivity contribution >= 4 is 17.8 Å². The predicted molar refractivity (Wildman–Crippen MR) is 96.1 cm³/mol. The summed E-state index contributed by atoms with van der Waals surface area (Å²) in [5.74, 6) is -0.716. The minimum absolute atomic E-state index is 0.243. The van der Waals surface area contributed by atoms with Gasteiger partial charge in [0.15, 0.2) is 0 Å². The van der Waals surface area contributed by atoms with Crippen LogP contribution in [0.1, 0.15) is 65.7 Å². The Balaban J connectivity index is 2.01. The van der Waals surface area contributed by atoms with E-state index in [1.54, 1.807) is 13.8 Å². The number of carbonyl (C=O) groups is 3. The minimum atomic E-state index is -0.943. The van der Waals surface area contributed by atoms with Crippen molar-refractivity contribution in [3.63, 3.8) is 0 Å². The fourth-order valence-electron chi connectivity index (χ4n) is 2.65. The molecule has 0 aromatic carbocycles. The lowest BCUT2D eigenvalue weighted by Crippen LogP contribution is -2.43. The lowest BCUT2D eigenvalue weighted by molar-refractivity contribution is -0.134. The molecule has 0 atom stereocenters. The van der Waals surface area contributed by atoms with Gasteiger partial charge in [-0.05, 0) is 26.7 Å². The third-order valence-corrected chi connectivity index (χ3v) is 4.18. The van der Waals surface area contributed by atoms with E-state index >= 15 is 0 Å². The Labute approximate surface area is 150 Å². The van der Waals surface area contributed by atoms with E-state index in [9.17, 15) is 14.4 Å².